The lowest BCUT2D eigenvalue weighted by molar-refractivity contribution is -0.0497. The fourth-order valence-corrected chi connectivity index (χ4v) is 2.73. The summed E-state index contributed by atoms with van der Waals surface area (Å²) >= 11 is 5.88. The summed E-state index contributed by atoms with van der Waals surface area (Å²) in [6, 6.07) is 9.19. The van der Waals surface area contributed by atoms with E-state index in [2.05, 4.69) is 10.1 Å². The smallest absolute Gasteiger partial charge is 0.387 e. The number of alkyl halides is 2. The van der Waals surface area contributed by atoms with Gasteiger partial charge in [-0.25, -0.2) is 0 Å². The first-order valence-electron chi connectivity index (χ1n) is 7.52. The molecule has 0 fully saturated rings. The van der Waals surface area contributed by atoms with E-state index >= 15 is 0 Å². The summed E-state index contributed by atoms with van der Waals surface area (Å²) in [5.41, 5.74) is 1.52. The Morgan fingerprint density at radius 1 is 1.23 bits per heavy atom. The minimum absolute atomic E-state index is 0.0471. The Morgan fingerprint density at radius 3 is 2.65 bits per heavy atom. The number of amides is 1. The van der Waals surface area contributed by atoms with Gasteiger partial charge in [-0.3, -0.25) is 4.79 Å². The Morgan fingerprint density at radius 2 is 2.00 bits per heavy atom. The van der Waals surface area contributed by atoms with E-state index in [1.165, 1.54) is 18.2 Å². The molecule has 0 aliphatic rings. The lowest BCUT2D eigenvalue weighted by atomic mass is 10.1. The van der Waals surface area contributed by atoms with E-state index in [4.69, 9.17) is 20.8 Å². The first-order valence-corrected chi connectivity index (χ1v) is 7.89. The molecule has 5 nitrogen and oxygen atoms in total. The van der Waals surface area contributed by atoms with Crippen molar-refractivity contribution in [1.29, 1.82) is 0 Å². The van der Waals surface area contributed by atoms with Crippen LogP contribution in [0.2, 0.25) is 5.02 Å². The predicted molar refractivity (Wildman–Crippen MR) is 93.5 cm³/mol. The Labute approximate surface area is 152 Å². The second-order valence-electron chi connectivity index (χ2n) is 5.40. The van der Waals surface area contributed by atoms with Gasteiger partial charge in [-0.1, -0.05) is 11.6 Å². The standard InChI is InChI=1S/C18H14ClF2NO4/c1-9-12-8-11(24-2)4-6-14(12)25-16(9)17(23)22-10-3-5-15(13(19)7-10)26-18(20)21/h3-8,18H,1-2H3,(H,22,23). The Kier molecular flexibility index (Phi) is 4.99. The Bertz CT molecular complexity index is 971. The van der Waals surface area contributed by atoms with Crippen LogP contribution in [0, 0.1) is 6.92 Å². The molecule has 0 bridgehead atoms. The number of halogens is 3. The zero-order valence-electron chi connectivity index (χ0n) is 13.8. The predicted octanol–water partition coefficient (Wildman–Crippen LogP) is 5.26. The molecule has 136 valence electrons. The average Bonchev–Trinajstić information content (AvgIpc) is 2.93. The second kappa shape index (κ2) is 7.21. The molecule has 0 saturated heterocycles. The van der Waals surface area contributed by atoms with Gasteiger partial charge >= 0.3 is 6.61 Å². The highest BCUT2D eigenvalue weighted by atomic mass is 35.5. The van der Waals surface area contributed by atoms with Gasteiger partial charge in [0.15, 0.2) is 5.76 Å². The number of nitrogens with one attached hydrogen (secondary N) is 1. The van der Waals surface area contributed by atoms with Crippen molar-refractivity contribution < 1.29 is 27.5 Å². The van der Waals surface area contributed by atoms with Crippen LogP contribution in [0.25, 0.3) is 11.0 Å². The molecule has 0 aliphatic heterocycles. The summed E-state index contributed by atoms with van der Waals surface area (Å²) in [6.07, 6.45) is 0. The number of aryl methyl sites for hydroxylation is 1. The first-order chi connectivity index (χ1) is 12.4. The summed E-state index contributed by atoms with van der Waals surface area (Å²) in [5, 5.41) is 3.33. The van der Waals surface area contributed by atoms with Crippen molar-refractivity contribution in [3.05, 3.63) is 52.7 Å². The van der Waals surface area contributed by atoms with E-state index in [0.717, 1.165) is 5.39 Å². The highest BCUT2D eigenvalue weighted by Crippen LogP contribution is 2.31. The topological polar surface area (TPSA) is 60.7 Å². The molecule has 0 aliphatic carbocycles. The molecule has 3 rings (SSSR count). The van der Waals surface area contributed by atoms with Crippen molar-refractivity contribution in [2.75, 3.05) is 12.4 Å². The highest BCUT2D eigenvalue weighted by Gasteiger charge is 2.19. The molecule has 0 spiro atoms. The number of furan rings is 1. The molecule has 1 N–H and O–H groups in total. The summed E-state index contributed by atoms with van der Waals surface area (Å²) in [6.45, 7) is -1.23. The number of hydrogen-bond donors (Lipinski definition) is 1. The summed E-state index contributed by atoms with van der Waals surface area (Å²) in [5.74, 6) is 0.120. The van der Waals surface area contributed by atoms with Gasteiger partial charge < -0.3 is 19.2 Å². The van der Waals surface area contributed by atoms with Crippen LogP contribution in [0.3, 0.4) is 0 Å². The third-order valence-electron chi connectivity index (χ3n) is 3.76. The largest absolute Gasteiger partial charge is 0.497 e. The molecular weight excluding hydrogens is 368 g/mol. The summed E-state index contributed by atoms with van der Waals surface area (Å²) < 4.78 is 39.6. The van der Waals surface area contributed by atoms with Crippen LogP contribution in [-0.2, 0) is 0 Å². The lowest BCUT2D eigenvalue weighted by Gasteiger charge is -2.09. The highest BCUT2D eigenvalue weighted by molar-refractivity contribution is 6.32. The van der Waals surface area contributed by atoms with Crippen LogP contribution in [0.15, 0.2) is 40.8 Å². The molecule has 0 saturated carbocycles. The molecule has 3 aromatic rings. The SMILES string of the molecule is COc1ccc2oc(C(=O)Nc3ccc(OC(F)F)c(Cl)c3)c(C)c2c1. The zero-order valence-corrected chi connectivity index (χ0v) is 14.6. The molecule has 1 heterocycles. The lowest BCUT2D eigenvalue weighted by Crippen LogP contribution is -2.12. The quantitative estimate of drug-likeness (QED) is 0.655. The molecule has 2 aromatic carbocycles. The molecule has 0 radical (unpaired) electrons. The van der Waals surface area contributed by atoms with Crippen LogP contribution in [0.5, 0.6) is 11.5 Å². The molecule has 1 aromatic heterocycles. The first kappa shape index (κ1) is 18.0. The number of carbonyl (C=O) groups excluding carboxylic acids is 1. The number of benzene rings is 2. The van der Waals surface area contributed by atoms with Gasteiger partial charge in [-0.15, -0.1) is 0 Å². The third kappa shape index (κ3) is 3.57. The molecule has 1 amide bonds. The van der Waals surface area contributed by atoms with Crippen LogP contribution < -0.4 is 14.8 Å². The van der Waals surface area contributed by atoms with Crippen LogP contribution in [0.1, 0.15) is 16.1 Å². The molecule has 8 heteroatoms. The Balaban J connectivity index is 1.85. The van der Waals surface area contributed by atoms with Gasteiger partial charge in [0.1, 0.15) is 17.1 Å². The van der Waals surface area contributed by atoms with Crippen molar-refractivity contribution in [2.45, 2.75) is 13.5 Å². The third-order valence-corrected chi connectivity index (χ3v) is 4.05. The maximum absolute atomic E-state index is 12.5. The van der Waals surface area contributed by atoms with E-state index in [0.29, 0.717) is 22.6 Å². The average molecular weight is 382 g/mol. The van der Waals surface area contributed by atoms with Crippen LogP contribution in [0.4, 0.5) is 14.5 Å². The van der Waals surface area contributed by atoms with Crippen LogP contribution in [-0.4, -0.2) is 19.6 Å². The maximum Gasteiger partial charge on any atom is 0.387 e. The van der Waals surface area contributed by atoms with Crippen molar-refractivity contribution in [2.24, 2.45) is 0 Å². The van der Waals surface area contributed by atoms with E-state index in [9.17, 15) is 13.6 Å². The van der Waals surface area contributed by atoms with Gasteiger partial charge in [0.05, 0.1) is 12.1 Å². The number of rotatable bonds is 5. The van der Waals surface area contributed by atoms with E-state index in [1.54, 1.807) is 32.2 Å². The Hall–Kier alpha value is -2.80. The summed E-state index contributed by atoms with van der Waals surface area (Å²) in [7, 11) is 1.55. The monoisotopic (exact) mass is 381 g/mol. The van der Waals surface area contributed by atoms with Crippen molar-refractivity contribution in [1.82, 2.24) is 0 Å². The van der Waals surface area contributed by atoms with Crippen molar-refractivity contribution in [3.63, 3.8) is 0 Å². The zero-order chi connectivity index (χ0) is 18.8. The molecule has 26 heavy (non-hydrogen) atoms. The van der Waals surface area contributed by atoms with E-state index in [1.807, 2.05) is 0 Å². The number of anilines is 1. The van der Waals surface area contributed by atoms with Gasteiger partial charge in [-0.05, 0) is 43.3 Å². The number of hydrogen-bond acceptors (Lipinski definition) is 4. The van der Waals surface area contributed by atoms with E-state index < -0.39 is 12.5 Å². The normalized spacial score (nSPS) is 11.0. The number of carbonyl (C=O) groups is 1. The maximum atomic E-state index is 12.5. The molecule has 0 unspecified atom stereocenters. The number of methoxy groups -OCH3 is 1. The minimum Gasteiger partial charge on any atom is -0.497 e. The van der Waals surface area contributed by atoms with E-state index in [-0.39, 0.29) is 16.5 Å². The second-order valence-corrected chi connectivity index (χ2v) is 5.80. The number of ether oxygens (including phenoxy) is 2. The number of fused-ring (bicyclic) bond motifs is 1. The van der Waals surface area contributed by atoms with Crippen molar-refractivity contribution >= 4 is 34.2 Å². The molecule has 0 atom stereocenters. The minimum atomic E-state index is -2.98. The molecular formula is C18H14ClF2NO4. The summed E-state index contributed by atoms with van der Waals surface area (Å²) in [4.78, 5) is 12.5. The fraction of sp³-hybridized carbons (Fsp3) is 0.167. The van der Waals surface area contributed by atoms with Gasteiger partial charge in [0.2, 0.25) is 0 Å². The van der Waals surface area contributed by atoms with Gasteiger partial charge in [0, 0.05) is 16.6 Å². The van der Waals surface area contributed by atoms with Crippen molar-refractivity contribution in [3.8, 4) is 11.5 Å². The fourth-order valence-electron chi connectivity index (χ4n) is 2.50. The van der Waals surface area contributed by atoms with Crippen LogP contribution >= 0.6 is 11.6 Å². The van der Waals surface area contributed by atoms with Gasteiger partial charge in [-0.2, -0.15) is 8.78 Å². The van der Waals surface area contributed by atoms with Gasteiger partial charge in [0.25, 0.3) is 5.91 Å².